The Hall–Kier alpha value is -2.01. The lowest BCUT2D eigenvalue weighted by atomic mass is 10.2. The molecule has 0 saturated carbocycles. The zero-order valence-corrected chi connectivity index (χ0v) is 12.1. The molecule has 0 aliphatic carbocycles. The number of carbonyl (C=O) groups is 1. The Morgan fingerprint density at radius 1 is 1.40 bits per heavy atom. The highest BCUT2D eigenvalue weighted by Crippen LogP contribution is 2.23. The van der Waals surface area contributed by atoms with Crippen molar-refractivity contribution in [1.82, 2.24) is 9.99 Å². The van der Waals surface area contributed by atoms with Crippen molar-refractivity contribution in [2.75, 3.05) is 6.54 Å². The Kier molecular flexibility index (Phi) is 3.60. The summed E-state index contributed by atoms with van der Waals surface area (Å²) in [6, 6.07) is 7.76. The van der Waals surface area contributed by atoms with Gasteiger partial charge in [0.2, 0.25) is 0 Å². The van der Waals surface area contributed by atoms with Crippen LogP contribution in [0, 0.1) is 0 Å². The molecule has 5 heteroatoms. The molecule has 0 N–H and O–H groups in total. The van der Waals surface area contributed by atoms with E-state index in [0.717, 1.165) is 18.6 Å². The first-order chi connectivity index (χ1) is 9.78. The molecule has 3 heterocycles. The predicted octanol–water partition coefficient (Wildman–Crippen LogP) is 2.96. The van der Waals surface area contributed by atoms with E-state index in [1.54, 1.807) is 35.9 Å². The minimum atomic E-state index is -0.0830. The van der Waals surface area contributed by atoms with Crippen LogP contribution in [0.25, 0.3) is 0 Å². The second kappa shape index (κ2) is 5.54. The van der Waals surface area contributed by atoms with Gasteiger partial charge >= 0.3 is 0 Å². The number of hydrazone groups is 1. The highest BCUT2D eigenvalue weighted by atomic mass is 32.1. The molecule has 4 nitrogen and oxygen atoms in total. The van der Waals surface area contributed by atoms with Crippen molar-refractivity contribution in [3.63, 3.8) is 0 Å². The Balaban J connectivity index is 1.79. The van der Waals surface area contributed by atoms with Crippen molar-refractivity contribution in [3.8, 4) is 0 Å². The quantitative estimate of drug-likeness (QED) is 0.870. The van der Waals surface area contributed by atoms with E-state index in [4.69, 9.17) is 0 Å². The molecule has 2 aromatic heterocycles. The monoisotopic (exact) mass is 285 g/mol. The number of pyridine rings is 1. The molecule has 1 aliphatic heterocycles. The van der Waals surface area contributed by atoms with Crippen molar-refractivity contribution in [2.45, 2.75) is 19.8 Å². The molecule has 1 amide bonds. The Labute approximate surface area is 121 Å². The van der Waals surface area contributed by atoms with Gasteiger partial charge in [-0.05, 0) is 30.7 Å². The molecule has 0 atom stereocenters. The third-order valence-electron chi connectivity index (χ3n) is 3.24. The van der Waals surface area contributed by atoms with Gasteiger partial charge in [-0.1, -0.05) is 6.92 Å². The van der Waals surface area contributed by atoms with Gasteiger partial charge in [-0.2, -0.15) is 5.10 Å². The minimum Gasteiger partial charge on any atom is -0.267 e. The molecule has 0 spiro atoms. The van der Waals surface area contributed by atoms with Crippen LogP contribution in [0.15, 0.2) is 41.8 Å². The molecule has 0 unspecified atom stereocenters. The molecule has 3 rings (SSSR count). The maximum atomic E-state index is 12.3. The lowest BCUT2D eigenvalue weighted by Gasteiger charge is -2.10. The molecule has 2 aromatic rings. The van der Waals surface area contributed by atoms with Crippen LogP contribution in [-0.2, 0) is 6.42 Å². The van der Waals surface area contributed by atoms with Gasteiger partial charge < -0.3 is 0 Å². The molecular formula is C15H15N3OS. The minimum absolute atomic E-state index is 0.0830. The van der Waals surface area contributed by atoms with E-state index >= 15 is 0 Å². The summed E-state index contributed by atoms with van der Waals surface area (Å²) in [5.74, 6) is -0.0830. The third-order valence-corrected chi connectivity index (χ3v) is 4.52. The normalized spacial score (nSPS) is 14.4. The van der Waals surface area contributed by atoms with E-state index in [2.05, 4.69) is 29.1 Å². The van der Waals surface area contributed by atoms with Crippen LogP contribution in [-0.4, -0.2) is 28.2 Å². The van der Waals surface area contributed by atoms with Gasteiger partial charge in [-0.15, -0.1) is 11.3 Å². The van der Waals surface area contributed by atoms with Gasteiger partial charge in [0.05, 0.1) is 22.7 Å². The van der Waals surface area contributed by atoms with E-state index in [0.29, 0.717) is 12.1 Å². The van der Waals surface area contributed by atoms with E-state index in [9.17, 15) is 4.79 Å². The van der Waals surface area contributed by atoms with E-state index < -0.39 is 0 Å². The molecule has 0 radical (unpaired) electrons. The van der Waals surface area contributed by atoms with E-state index in [1.807, 2.05) is 0 Å². The molecule has 20 heavy (non-hydrogen) atoms. The standard InChI is InChI=1S/C15H15N3OS/c1-2-12-5-6-14(20-12)13-7-9-18(17-13)15(19)11-4-3-8-16-10-11/h3-6,8,10H,2,7,9H2,1H3. The SMILES string of the molecule is CCc1ccc(C2=NN(C(=O)c3cccnc3)CC2)s1. The summed E-state index contributed by atoms with van der Waals surface area (Å²) < 4.78 is 0. The van der Waals surface area contributed by atoms with Gasteiger partial charge in [0.15, 0.2) is 0 Å². The summed E-state index contributed by atoms with van der Waals surface area (Å²) in [5.41, 5.74) is 1.59. The molecular weight excluding hydrogens is 270 g/mol. The number of hydrogen-bond donors (Lipinski definition) is 0. The number of hydrogen-bond acceptors (Lipinski definition) is 4. The second-order valence-electron chi connectivity index (χ2n) is 4.59. The van der Waals surface area contributed by atoms with Crippen molar-refractivity contribution >= 4 is 23.0 Å². The number of rotatable bonds is 3. The molecule has 0 fully saturated rings. The maximum absolute atomic E-state index is 12.3. The highest BCUT2D eigenvalue weighted by molar-refractivity contribution is 7.14. The van der Waals surface area contributed by atoms with Gasteiger partial charge in [-0.25, -0.2) is 5.01 Å². The third kappa shape index (κ3) is 2.49. The zero-order valence-electron chi connectivity index (χ0n) is 11.2. The first-order valence-corrected chi connectivity index (χ1v) is 7.48. The van der Waals surface area contributed by atoms with Crippen LogP contribution in [0.5, 0.6) is 0 Å². The van der Waals surface area contributed by atoms with Gasteiger partial charge in [0.1, 0.15) is 0 Å². The summed E-state index contributed by atoms with van der Waals surface area (Å²) in [7, 11) is 0. The van der Waals surface area contributed by atoms with Crippen LogP contribution in [0.1, 0.15) is 33.5 Å². The second-order valence-corrected chi connectivity index (χ2v) is 5.75. The van der Waals surface area contributed by atoms with Crippen LogP contribution >= 0.6 is 11.3 Å². The lowest BCUT2D eigenvalue weighted by Crippen LogP contribution is -2.23. The number of amides is 1. The van der Waals surface area contributed by atoms with Gasteiger partial charge in [0.25, 0.3) is 5.91 Å². The molecule has 0 bridgehead atoms. The summed E-state index contributed by atoms with van der Waals surface area (Å²) in [5, 5.41) is 6.00. The fourth-order valence-electron chi connectivity index (χ4n) is 2.14. The largest absolute Gasteiger partial charge is 0.275 e. The van der Waals surface area contributed by atoms with Crippen LogP contribution in [0.2, 0.25) is 0 Å². The zero-order chi connectivity index (χ0) is 13.9. The van der Waals surface area contributed by atoms with Crippen molar-refractivity contribution < 1.29 is 4.79 Å². The van der Waals surface area contributed by atoms with E-state index in [-0.39, 0.29) is 5.91 Å². The van der Waals surface area contributed by atoms with Crippen molar-refractivity contribution in [2.24, 2.45) is 5.10 Å². The summed E-state index contributed by atoms with van der Waals surface area (Å²) in [6.07, 6.45) is 5.09. The highest BCUT2D eigenvalue weighted by Gasteiger charge is 2.23. The summed E-state index contributed by atoms with van der Waals surface area (Å²) in [4.78, 5) is 18.8. The Bertz CT molecular complexity index is 648. The first kappa shape index (κ1) is 13.0. The van der Waals surface area contributed by atoms with Crippen LogP contribution in [0.4, 0.5) is 0 Å². The topological polar surface area (TPSA) is 45.6 Å². The average Bonchev–Trinajstić information content (AvgIpc) is 3.16. The molecule has 0 aromatic carbocycles. The maximum Gasteiger partial charge on any atom is 0.275 e. The molecule has 1 aliphatic rings. The smallest absolute Gasteiger partial charge is 0.267 e. The van der Waals surface area contributed by atoms with E-state index in [1.165, 1.54) is 14.8 Å². The Morgan fingerprint density at radius 2 is 2.30 bits per heavy atom. The number of thiophene rings is 1. The van der Waals surface area contributed by atoms with Gasteiger partial charge in [-0.3, -0.25) is 9.78 Å². The van der Waals surface area contributed by atoms with Crippen LogP contribution in [0.3, 0.4) is 0 Å². The number of carbonyl (C=O) groups excluding carboxylic acids is 1. The van der Waals surface area contributed by atoms with Gasteiger partial charge in [0, 0.05) is 23.7 Å². The number of nitrogens with zero attached hydrogens (tertiary/aromatic N) is 3. The van der Waals surface area contributed by atoms with Crippen molar-refractivity contribution in [3.05, 3.63) is 52.0 Å². The van der Waals surface area contributed by atoms with Crippen molar-refractivity contribution in [1.29, 1.82) is 0 Å². The van der Waals surface area contributed by atoms with Crippen LogP contribution < -0.4 is 0 Å². The fourth-order valence-corrected chi connectivity index (χ4v) is 3.10. The number of aryl methyl sites for hydroxylation is 1. The first-order valence-electron chi connectivity index (χ1n) is 6.66. The summed E-state index contributed by atoms with van der Waals surface area (Å²) >= 11 is 1.76. The predicted molar refractivity (Wildman–Crippen MR) is 80.1 cm³/mol. The summed E-state index contributed by atoms with van der Waals surface area (Å²) in [6.45, 7) is 2.78. The lowest BCUT2D eigenvalue weighted by molar-refractivity contribution is 0.0778. The molecule has 0 saturated heterocycles. The molecule has 102 valence electrons. The average molecular weight is 285 g/mol. The fraction of sp³-hybridized carbons (Fsp3) is 0.267. The Morgan fingerprint density at radius 3 is 3.00 bits per heavy atom. The number of aromatic nitrogens is 1.